The van der Waals surface area contributed by atoms with Gasteiger partial charge in [-0.1, -0.05) is 6.07 Å². The van der Waals surface area contributed by atoms with E-state index in [1.54, 1.807) is 11.3 Å². The molecule has 4 nitrogen and oxygen atoms in total. The van der Waals surface area contributed by atoms with Gasteiger partial charge < -0.3 is 5.32 Å². The summed E-state index contributed by atoms with van der Waals surface area (Å²) in [4.78, 5) is 5.29. The van der Waals surface area contributed by atoms with E-state index in [1.807, 2.05) is 17.5 Å². The standard InChI is InChI=1S/C13H11F3N4S/c14-13(15,16)11-8-10-12(18-5-6-20(10)19-11)17-4-3-9-2-1-7-21-9/h1-2,5-8H,3-4H2,(H,17,18). The van der Waals surface area contributed by atoms with Crippen LogP contribution in [-0.4, -0.2) is 21.1 Å². The van der Waals surface area contributed by atoms with E-state index in [9.17, 15) is 13.2 Å². The lowest BCUT2D eigenvalue weighted by molar-refractivity contribution is -0.141. The Morgan fingerprint density at radius 2 is 2.19 bits per heavy atom. The molecule has 0 aliphatic carbocycles. The third-order valence-corrected chi connectivity index (χ3v) is 3.86. The van der Waals surface area contributed by atoms with Gasteiger partial charge in [0.2, 0.25) is 0 Å². The minimum atomic E-state index is -4.46. The van der Waals surface area contributed by atoms with Gasteiger partial charge in [0.05, 0.1) is 0 Å². The van der Waals surface area contributed by atoms with E-state index in [0.717, 1.165) is 12.5 Å². The van der Waals surface area contributed by atoms with Gasteiger partial charge in [0.25, 0.3) is 0 Å². The highest BCUT2D eigenvalue weighted by molar-refractivity contribution is 7.09. The van der Waals surface area contributed by atoms with Gasteiger partial charge >= 0.3 is 6.18 Å². The first-order valence-electron chi connectivity index (χ1n) is 6.22. The molecule has 0 amide bonds. The third-order valence-electron chi connectivity index (χ3n) is 2.92. The van der Waals surface area contributed by atoms with Gasteiger partial charge in [-0.2, -0.15) is 18.3 Å². The molecule has 3 aromatic rings. The van der Waals surface area contributed by atoms with Crippen LogP contribution in [-0.2, 0) is 12.6 Å². The Morgan fingerprint density at radius 1 is 1.33 bits per heavy atom. The van der Waals surface area contributed by atoms with E-state index in [2.05, 4.69) is 15.4 Å². The Labute approximate surface area is 122 Å². The van der Waals surface area contributed by atoms with Crippen molar-refractivity contribution in [2.45, 2.75) is 12.6 Å². The molecule has 0 fully saturated rings. The lowest BCUT2D eigenvalue weighted by Gasteiger charge is -2.05. The van der Waals surface area contributed by atoms with Gasteiger partial charge in [0.1, 0.15) is 5.52 Å². The highest BCUT2D eigenvalue weighted by atomic mass is 32.1. The Balaban J connectivity index is 1.80. The van der Waals surface area contributed by atoms with Crippen molar-refractivity contribution >= 4 is 22.7 Å². The Hall–Kier alpha value is -2.09. The van der Waals surface area contributed by atoms with Gasteiger partial charge in [-0.25, -0.2) is 9.50 Å². The maximum atomic E-state index is 12.7. The quantitative estimate of drug-likeness (QED) is 0.802. The molecule has 0 saturated carbocycles. The molecule has 0 unspecified atom stereocenters. The second-order valence-electron chi connectivity index (χ2n) is 4.39. The smallest absolute Gasteiger partial charge is 0.368 e. The molecule has 0 aliphatic rings. The fourth-order valence-corrected chi connectivity index (χ4v) is 2.66. The summed E-state index contributed by atoms with van der Waals surface area (Å²) in [6.45, 7) is 0.597. The molecule has 0 radical (unpaired) electrons. The van der Waals surface area contributed by atoms with Crippen LogP contribution in [0.25, 0.3) is 5.52 Å². The van der Waals surface area contributed by atoms with Crippen LogP contribution in [0.2, 0.25) is 0 Å². The maximum absolute atomic E-state index is 12.7. The van der Waals surface area contributed by atoms with Crippen molar-refractivity contribution in [3.63, 3.8) is 0 Å². The van der Waals surface area contributed by atoms with Gasteiger partial charge in [0.15, 0.2) is 11.5 Å². The second kappa shape index (κ2) is 5.36. The second-order valence-corrected chi connectivity index (χ2v) is 5.42. The number of nitrogens with one attached hydrogen (secondary N) is 1. The predicted octanol–water partition coefficient (Wildman–Crippen LogP) is 3.46. The first-order chi connectivity index (χ1) is 10.0. The summed E-state index contributed by atoms with van der Waals surface area (Å²) in [5.41, 5.74) is -0.604. The van der Waals surface area contributed by atoms with Crippen LogP contribution in [0.5, 0.6) is 0 Å². The number of rotatable bonds is 4. The van der Waals surface area contributed by atoms with Crippen molar-refractivity contribution in [1.29, 1.82) is 0 Å². The van der Waals surface area contributed by atoms with E-state index in [4.69, 9.17) is 0 Å². The number of nitrogens with zero attached hydrogens (tertiary/aromatic N) is 3. The van der Waals surface area contributed by atoms with Gasteiger partial charge in [0, 0.05) is 29.9 Å². The lowest BCUT2D eigenvalue weighted by atomic mass is 10.3. The number of halogens is 3. The number of thiophene rings is 1. The monoisotopic (exact) mass is 312 g/mol. The SMILES string of the molecule is FC(F)(F)c1cc2c(NCCc3cccs3)nccn2n1. The number of aromatic nitrogens is 3. The molecular weight excluding hydrogens is 301 g/mol. The average Bonchev–Trinajstić information content (AvgIpc) is 3.06. The summed E-state index contributed by atoms with van der Waals surface area (Å²) in [7, 11) is 0. The predicted molar refractivity (Wildman–Crippen MR) is 74.5 cm³/mol. The number of alkyl halides is 3. The van der Waals surface area contributed by atoms with Crippen molar-refractivity contribution in [3.8, 4) is 0 Å². The van der Waals surface area contributed by atoms with E-state index >= 15 is 0 Å². The zero-order valence-corrected chi connectivity index (χ0v) is 11.6. The summed E-state index contributed by atoms with van der Waals surface area (Å²) in [6.07, 6.45) is -0.844. The molecule has 0 aromatic carbocycles. The molecule has 3 rings (SSSR count). The average molecular weight is 312 g/mol. The van der Waals surface area contributed by atoms with Crippen LogP contribution in [0.3, 0.4) is 0 Å². The molecule has 0 saturated heterocycles. The van der Waals surface area contributed by atoms with Gasteiger partial charge in [-0.05, 0) is 17.9 Å². The molecule has 21 heavy (non-hydrogen) atoms. The van der Waals surface area contributed by atoms with E-state index < -0.39 is 11.9 Å². The molecule has 0 atom stereocenters. The largest absolute Gasteiger partial charge is 0.435 e. The van der Waals surface area contributed by atoms with Crippen LogP contribution in [0, 0.1) is 0 Å². The fourth-order valence-electron chi connectivity index (χ4n) is 1.96. The Kier molecular flexibility index (Phi) is 3.54. The fraction of sp³-hybridized carbons (Fsp3) is 0.231. The number of anilines is 1. The molecule has 1 N–H and O–H groups in total. The van der Waals surface area contributed by atoms with Crippen LogP contribution >= 0.6 is 11.3 Å². The third kappa shape index (κ3) is 2.99. The van der Waals surface area contributed by atoms with Crippen molar-refractivity contribution in [1.82, 2.24) is 14.6 Å². The van der Waals surface area contributed by atoms with Crippen molar-refractivity contribution in [2.75, 3.05) is 11.9 Å². The van der Waals surface area contributed by atoms with Crippen molar-refractivity contribution < 1.29 is 13.2 Å². The number of fused-ring (bicyclic) bond motifs is 1. The molecule has 0 bridgehead atoms. The molecule has 3 heterocycles. The topological polar surface area (TPSA) is 42.2 Å². The van der Waals surface area contributed by atoms with Crippen molar-refractivity contribution in [3.05, 3.63) is 46.5 Å². The molecule has 0 spiro atoms. The summed E-state index contributed by atoms with van der Waals surface area (Å²) >= 11 is 1.64. The zero-order valence-electron chi connectivity index (χ0n) is 10.8. The minimum Gasteiger partial charge on any atom is -0.368 e. The van der Waals surface area contributed by atoms with Crippen LogP contribution < -0.4 is 5.32 Å². The summed E-state index contributed by atoms with van der Waals surface area (Å²) in [5, 5.41) is 8.56. The van der Waals surface area contributed by atoms with Gasteiger partial charge in [-0.15, -0.1) is 11.3 Å². The van der Waals surface area contributed by atoms with E-state index in [1.165, 1.54) is 21.8 Å². The van der Waals surface area contributed by atoms with Crippen LogP contribution in [0.1, 0.15) is 10.6 Å². The lowest BCUT2D eigenvalue weighted by Crippen LogP contribution is -2.07. The Bertz CT molecular complexity index is 734. The zero-order chi connectivity index (χ0) is 14.9. The minimum absolute atomic E-state index is 0.316. The van der Waals surface area contributed by atoms with Crippen molar-refractivity contribution in [2.24, 2.45) is 0 Å². The normalized spacial score (nSPS) is 12.0. The molecule has 3 aromatic heterocycles. The summed E-state index contributed by atoms with van der Waals surface area (Å²) in [5.74, 6) is 0.400. The highest BCUT2D eigenvalue weighted by Crippen LogP contribution is 2.30. The summed E-state index contributed by atoms with van der Waals surface area (Å²) < 4.78 is 39.2. The number of hydrogen-bond donors (Lipinski definition) is 1. The van der Waals surface area contributed by atoms with E-state index in [0.29, 0.717) is 17.9 Å². The first-order valence-corrected chi connectivity index (χ1v) is 7.10. The molecule has 8 heteroatoms. The maximum Gasteiger partial charge on any atom is 0.435 e. The van der Waals surface area contributed by atoms with Crippen LogP contribution in [0.15, 0.2) is 36.0 Å². The van der Waals surface area contributed by atoms with Gasteiger partial charge in [-0.3, -0.25) is 0 Å². The highest BCUT2D eigenvalue weighted by Gasteiger charge is 2.34. The molecule has 0 aliphatic heterocycles. The van der Waals surface area contributed by atoms with E-state index in [-0.39, 0.29) is 0 Å². The summed E-state index contributed by atoms with van der Waals surface area (Å²) in [6, 6.07) is 4.98. The molecular formula is C13H11F3N4S. The number of hydrogen-bond acceptors (Lipinski definition) is 4. The molecule has 110 valence electrons. The van der Waals surface area contributed by atoms with Crippen LogP contribution in [0.4, 0.5) is 19.0 Å². The first kappa shape index (κ1) is 13.9. The Morgan fingerprint density at radius 3 is 2.90 bits per heavy atom.